The summed E-state index contributed by atoms with van der Waals surface area (Å²) >= 11 is 0. The summed E-state index contributed by atoms with van der Waals surface area (Å²) in [6.45, 7) is 5.10. The molecule has 0 spiro atoms. The summed E-state index contributed by atoms with van der Waals surface area (Å²) < 4.78 is 36.8. The molecule has 2 unspecified atom stereocenters. The quantitative estimate of drug-likeness (QED) is 0.577. The lowest BCUT2D eigenvalue weighted by molar-refractivity contribution is 0.128. The van der Waals surface area contributed by atoms with Crippen LogP contribution in [0.2, 0.25) is 0 Å². The Morgan fingerprint density at radius 1 is 1.30 bits per heavy atom. The molecule has 1 aromatic rings. The molecule has 1 saturated heterocycles. The van der Waals surface area contributed by atoms with Crippen LogP contribution in [0, 0.1) is 6.92 Å². The van der Waals surface area contributed by atoms with Gasteiger partial charge in [-0.1, -0.05) is 31.0 Å². The van der Waals surface area contributed by atoms with Gasteiger partial charge in [0.25, 0.3) is 0 Å². The topological polar surface area (TPSA) is 66.4 Å². The summed E-state index contributed by atoms with van der Waals surface area (Å²) in [6.07, 6.45) is 8.32. The first kappa shape index (κ1) is 20.5. The van der Waals surface area contributed by atoms with Gasteiger partial charge in [0.15, 0.2) is 0 Å². The normalized spacial score (nSPS) is 19.0. The summed E-state index contributed by atoms with van der Waals surface area (Å²) in [6, 6.07) is 5.78. The lowest BCUT2D eigenvalue weighted by atomic mass is 10.2. The van der Waals surface area contributed by atoms with Gasteiger partial charge in [-0.15, -0.1) is 0 Å². The molecular weight excluding hydrogens is 332 g/mol. The first-order chi connectivity index (χ1) is 10.8. The highest BCUT2D eigenvalue weighted by atomic mass is 32.2. The number of rotatable bonds is 6. The molecule has 0 aliphatic carbocycles. The molecule has 0 aromatic heterocycles. The van der Waals surface area contributed by atoms with E-state index in [4.69, 9.17) is 4.74 Å². The van der Waals surface area contributed by atoms with Gasteiger partial charge >= 0.3 is 0 Å². The van der Waals surface area contributed by atoms with Crippen molar-refractivity contribution in [3.8, 4) is 0 Å². The molecule has 1 aliphatic heterocycles. The van der Waals surface area contributed by atoms with E-state index in [9.17, 15) is 13.0 Å². The Morgan fingerprint density at radius 2 is 1.96 bits per heavy atom. The molecule has 0 bridgehead atoms. The predicted octanol–water partition coefficient (Wildman–Crippen LogP) is 3.11. The van der Waals surface area contributed by atoms with Gasteiger partial charge in [0.2, 0.25) is 0 Å². The minimum atomic E-state index is -4.27. The second kappa shape index (κ2) is 10.3. The van der Waals surface area contributed by atoms with Gasteiger partial charge in [0, 0.05) is 6.61 Å². The maximum absolute atomic E-state index is 10.4. The van der Waals surface area contributed by atoms with Crippen LogP contribution >= 0.6 is 0 Å². The summed E-state index contributed by atoms with van der Waals surface area (Å²) in [7, 11) is -3.65. The van der Waals surface area contributed by atoms with Crippen LogP contribution in [0.3, 0.4) is 0 Å². The van der Waals surface area contributed by atoms with E-state index in [-0.39, 0.29) is 4.90 Å². The molecule has 0 N–H and O–H groups in total. The largest absolute Gasteiger partial charge is 0.744 e. The van der Waals surface area contributed by atoms with E-state index in [0.29, 0.717) is 17.0 Å². The average Bonchev–Trinajstić information content (AvgIpc) is 2.98. The molecule has 0 saturated carbocycles. The van der Waals surface area contributed by atoms with Crippen molar-refractivity contribution in [1.29, 1.82) is 0 Å². The molecule has 1 aliphatic rings. The maximum Gasteiger partial charge on any atom is 0.133 e. The second-order valence-electron chi connectivity index (χ2n) is 5.91. The van der Waals surface area contributed by atoms with Crippen molar-refractivity contribution < 1.29 is 17.7 Å². The predicted molar refractivity (Wildman–Crippen MR) is 96.0 cm³/mol. The summed E-state index contributed by atoms with van der Waals surface area (Å²) in [5.74, 6) is 2.73. The Balaban J connectivity index is 0.000000231. The van der Waals surface area contributed by atoms with E-state index in [1.165, 1.54) is 49.3 Å². The smallest absolute Gasteiger partial charge is 0.133 e. The maximum atomic E-state index is 10.4. The molecule has 4 nitrogen and oxygen atoms in total. The molecule has 0 amide bonds. The monoisotopic (exact) mass is 360 g/mol. The van der Waals surface area contributed by atoms with Crippen molar-refractivity contribution in [2.75, 3.05) is 24.4 Å². The Morgan fingerprint density at radius 3 is 2.43 bits per heavy atom. The molecule has 1 aromatic carbocycles. The Labute approximate surface area is 143 Å². The minimum absolute atomic E-state index is 0.178. The average molecular weight is 361 g/mol. The van der Waals surface area contributed by atoms with Crippen molar-refractivity contribution in [1.82, 2.24) is 0 Å². The van der Waals surface area contributed by atoms with Crippen molar-refractivity contribution in [3.63, 3.8) is 0 Å². The first-order valence-corrected chi connectivity index (χ1v) is 11.4. The third kappa shape index (κ3) is 8.74. The second-order valence-corrected chi connectivity index (χ2v) is 9.59. The van der Waals surface area contributed by atoms with Gasteiger partial charge in [-0.25, -0.2) is 8.42 Å². The fourth-order valence-electron chi connectivity index (χ4n) is 2.27. The molecule has 0 radical (unpaired) electrons. The number of hydrogen-bond donors (Lipinski definition) is 0. The summed E-state index contributed by atoms with van der Waals surface area (Å²) in [5, 5.41) is 0. The highest BCUT2D eigenvalue weighted by molar-refractivity contribution is 7.96. The van der Waals surface area contributed by atoms with Crippen molar-refractivity contribution in [2.24, 2.45) is 0 Å². The number of benzene rings is 1. The van der Waals surface area contributed by atoms with Crippen molar-refractivity contribution >= 4 is 21.0 Å². The van der Waals surface area contributed by atoms with Crippen LogP contribution in [0.5, 0.6) is 0 Å². The Bertz CT molecular complexity index is 534. The zero-order valence-corrected chi connectivity index (χ0v) is 15.9. The molecule has 1 heterocycles. The lowest BCUT2D eigenvalue weighted by Gasteiger charge is -2.08. The van der Waals surface area contributed by atoms with Gasteiger partial charge in [0.1, 0.15) is 27.7 Å². The summed E-state index contributed by atoms with van der Waals surface area (Å²) in [4.78, 5) is -0.178. The molecule has 132 valence electrons. The molecule has 6 heteroatoms. The van der Waals surface area contributed by atoms with Gasteiger partial charge in [-0.2, -0.15) is 0 Å². The molecule has 23 heavy (non-hydrogen) atoms. The Hall–Kier alpha value is -0.560. The molecule has 2 atom stereocenters. The zero-order valence-electron chi connectivity index (χ0n) is 14.3. The molecular formula is C17H28O4S2. The van der Waals surface area contributed by atoms with Crippen LogP contribution in [0.4, 0.5) is 0 Å². The third-order valence-electron chi connectivity index (χ3n) is 3.65. The van der Waals surface area contributed by atoms with Crippen LogP contribution in [-0.2, 0) is 25.7 Å². The van der Waals surface area contributed by atoms with Crippen molar-refractivity contribution in [3.05, 3.63) is 29.8 Å². The highest BCUT2D eigenvalue weighted by Gasteiger charge is 2.23. The zero-order chi connectivity index (χ0) is 17.3. The highest BCUT2D eigenvalue weighted by Crippen LogP contribution is 2.15. The standard InChI is InChI=1S/C10H21OS.C7H8O3S/c1-3-4-8-12(2)9-10-6-5-7-11-10;1-6-2-4-7(5-3-6)11(8,9)10/h10H,3-9H2,1-2H3;2-5H,1H3,(H,8,9,10)/q+1;/p-1. The van der Waals surface area contributed by atoms with Gasteiger partial charge in [-0.3, -0.25) is 0 Å². The van der Waals surface area contributed by atoms with E-state index in [1.54, 1.807) is 12.1 Å². The van der Waals surface area contributed by atoms with Crippen LogP contribution in [0.25, 0.3) is 0 Å². The van der Waals surface area contributed by atoms with Gasteiger partial charge < -0.3 is 9.29 Å². The van der Waals surface area contributed by atoms with E-state index in [1.807, 2.05) is 6.92 Å². The van der Waals surface area contributed by atoms with Crippen LogP contribution in [0.1, 0.15) is 38.2 Å². The minimum Gasteiger partial charge on any atom is -0.744 e. The fraction of sp³-hybridized carbons (Fsp3) is 0.647. The van der Waals surface area contributed by atoms with Crippen LogP contribution in [-0.4, -0.2) is 43.4 Å². The van der Waals surface area contributed by atoms with Gasteiger partial charge in [0.05, 0.1) is 11.2 Å². The van der Waals surface area contributed by atoms with Crippen LogP contribution < -0.4 is 0 Å². The van der Waals surface area contributed by atoms with Gasteiger partial charge in [-0.05, 0) is 49.2 Å². The first-order valence-electron chi connectivity index (χ1n) is 8.06. The SMILES string of the molecule is CCCC[S+](C)CC1CCCO1.Cc1ccc(S(=O)(=O)[O-])cc1. The van der Waals surface area contributed by atoms with E-state index < -0.39 is 10.1 Å². The third-order valence-corrected chi connectivity index (χ3v) is 6.43. The lowest BCUT2D eigenvalue weighted by Crippen LogP contribution is -2.21. The Kier molecular flexibility index (Phi) is 9.20. The van der Waals surface area contributed by atoms with E-state index in [2.05, 4.69) is 13.2 Å². The van der Waals surface area contributed by atoms with Crippen LogP contribution in [0.15, 0.2) is 29.2 Å². The number of hydrogen-bond acceptors (Lipinski definition) is 4. The van der Waals surface area contributed by atoms with E-state index >= 15 is 0 Å². The molecule has 2 rings (SSSR count). The number of unbranched alkanes of at least 4 members (excludes halogenated alkanes) is 1. The summed E-state index contributed by atoms with van der Waals surface area (Å²) in [5.41, 5.74) is 0.928. The number of ether oxygens (including phenoxy) is 1. The van der Waals surface area contributed by atoms with Crippen molar-refractivity contribution in [2.45, 2.75) is 50.5 Å². The van der Waals surface area contributed by atoms with E-state index in [0.717, 1.165) is 12.2 Å². The fourth-order valence-corrected chi connectivity index (χ4v) is 4.59. The molecule has 1 fully saturated rings. The number of aryl methyl sites for hydroxylation is 1.